The zero-order valence-corrected chi connectivity index (χ0v) is 11.9. The standard InChI is InChI=1S/C13H17BrO2/c1-8-6-9(2)11(7-10(8)14)16-12(15)13(3,4)5/h6-7H,1-5H3. The van der Waals surface area contributed by atoms with Crippen molar-refractivity contribution in [3.63, 3.8) is 0 Å². The number of carbonyl (C=O) groups excluding carboxylic acids is 1. The lowest BCUT2D eigenvalue weighted by Crippen LogP contribution is -2.25. The monoisotopic (exact) mass is 284 g/mol. The Morgan fingerprint density at radius 2 is 1.75 bits per heavy atom. The van der Waals surface area contributed by atoms with Crippen LogP contribution in [0.5, 0.6) is 5.75 Å². The van der Waals surface area contributed by atoms with Crippen LogP contribution in [0.1, 0.15) is 31.9 Å². The van der Waals surface area contributed by atoms with Crippen molar-refractivity contribution in [2.24, 2.45) is 5.41 Å². The van der Waals surface area contributed by atoms with Gasteiger partial charge >= 0.3 is 5.97 Å². The molecule has 0 unspecified atom stereocenters. The molecule has 1 rings (SSSR count). The van der Waals surface area contributed by atoms with Crippen LogP contribution in [-0.4, -0.2) is 5.97 Å². The molecule has 0 atom stereocenters. The SMILES string of the molecule is Cc1cc(C)c(OC(=O)C(C)(C)C)cc1Br. The first-order valence-corrected chi connectivity index (χ1v) is 6.00. The normalized spacial score (nSPS) is 11.4. The van der Waals surface area contributed by atoms with Crippen molar-refractivity contribution in [1.82, 2.24) is 0 Å². The summed E-state index contributed by atoms with van der Waals surface area (Å²) < 4.78 is 6.33. The van der Waals surface area contributed by atoms with Gasteiger partial charge in [-0.05, 0) is 51.8 Å². The highest BCUT2D eigenvalue weighted by Gasteiger charge is 2.24. The van der Waals surface area contributed by atoms with Gasteiger partial charge in [0.2, 0.25) is 0 Å². The van der Waals surface area contributed by atoms with E-state index in [4.69, 9.17) is 4.74 Å². The van der Waals surface area contributed by atoms with Gasteiger partial charge in [0.25, 0.3) is 0 Å². The van der Waals surface area contributed by atoms with Gasteiger partial charge in [-0.15, -0.1) is 0 Å². The number of benzene rings is 1. The minimum atomic E-state index is -0.482. The van der Waals surface area contributed by atoms with Crippen LogP contribution in [0, 0.1) is 19.3 Å². The quantitative estimate of drug-likeness (QED) is 0.575. The maximum Gasteiger partial charge on any atom is 0.316 e. The summed E-state index contributed by atoms with van der Waals surface area (Å²) in [7, 11) is 0. The topological polar surface area (TPSA) is 26.3 Å². The molecular weight excluding hydrogens is 268 g/mol. The van der Waals surface area contributed by atoms with Gasteiger partial charge in [0, 0.05) is 4.47 Å². The molecule has 2 nitrogen and oxygen atoms in total. The average molecular weight is 285 g/mol. The smallest absolute Gasteiger partial charge is 0.316 e. The molecule has 16 heavy (non-hydrogen) atoms. The zero-order chi connectivity index (χ0) is 12.5. The highest BCUT2D eigenvalue weighted by atomic mass is 79.9. The van der Waals surface area contributed by atoms with Gasteiger partial charge in [-0.3, -0.25) is 4.79 Å². The van der Waals surface area contributed by atoms with Crippen molar-refractivity contribution in [2.45, 2.75) is 34.6 Å². The Balaban J connectivity index is 2.99. The fourth-order valence-corrected chi connectivity index (χ4v) is 1.49. The maximum absolute atomic E-state index is 11.7. The van der Waals surface area contributed by atoms with Crippen LogP contribution < -0.4 is 4.74 Å². The fraction of sp³-hybridized carbons (Fsp3) is 0.462. The van der Waals surface area contributed by atoms with E-state index in [0.717, 1.165) is 15.6 Å². The molecule has 0 aromatic heterocycles. The van der Waals surface area contributed by atoms with E-state index in [-0.39, 0.29) is 5.97 Å². The van der Waals surface area contributed by atoms with Crippen LogP contribution in [-0.2, 0) is 4.79 Å². The Hall–Kier alpha value is -0.830. The summed E-state index contributed by atoms with van der Waals surface area (Å²) in [6, 6.07) is 3.84. The Bertz CT molecular complexity index is 417. The molecule has 0 spiro atoms. The minimum Gasteiger partial charge on any atom is -0.426 e. The van der Waals surface area contributed by atoms with Crippen molar-refractivity contribution in [3.05, 3.63) is 27.7 Å². The number of aryl methyl sites for hydroxylation is 2. The van der Waals surface area contributed by atoms with E-state index in [9.17, 15) is 4.79 Å². The number of rotatable bonds is 1. The lowest BCUT2D eigenvalue weighted by atomic mass is 9.97. The second kappa shape index (κ2) is 4.58. The molecule has 1 aromatic carbocycles. The third kappa shape index (κ3) is 3.08. The second-order valence-corrected chi connectivity index (χ2v) is 5.86. The number of ether oxygens (including phenoxy) is 1. The van der Waals surface area contributed by atoms with Gasteiger partial charge in [0.05, 0.1) is 5.41 Å². The molecule has 0 heterocycles. The number of hydrogen-bond acceptors (Lipinski definition) is 2. The van der Waals surface area contributed by atoms with Crippen LogP contribution in [0.25, 0.3) is 0 Å². The molecule has 0 radical (unpaired) electrons. The minimum absolute atomic E-state index is 0.216. The Kier molecular flexibility index (Phi) is 3.79. The van der Waals surface area contributed by atoms with Crippen LogP contribution in [0.15, 0.2) is 16.6 Å². The summed E-state index contributed by atoms with van der Waals surface area (Å²) in [4.78, 5) is 11.7. The van der Waals surface area contributed by atoms with Gasteiger partial charge in [0.15, 0.2) is 0 Å². The van der Waals surface area contributed by atoms with Crippen molar-refractivity contribution >= 4 is 21.9 Å². The molecule has 0 bridgehead atoms. The molecular formula is C13H17BrO2. The number of halogens is 1. The molecule has 0 aliphatic rings. The molecule has 0 amide bonds. The van der Waals surface area contributed by atoms with E-state index < -0.39 is 5.41 Å². The van der Waals surface area contributed by atoms with Gasteiger partial charge in [-0.25, -0.2) is 0 Å². The van der Waals surface area contributed by atoms with Crippen molar-refractivity contribution in [1.29, 1.82) is 0 Å². The van der Waals surface area contributed by atoms with Gasteiger partial charge in [0.1, 0.15) is 5.75 Å². The maximum atomic E-state index is 11.7. The average Bonchev–Trinajstić information content (AvgIpc) is 2.12. The molecule has 0 N–H and O–H groups in total. The Morgan fingerprint density at radius 1 is 1.19 bits per heavy atom. The molecule has 0 aliphatic carbocycles. The van der Waals surface area contributed by atoms with Gasteiger partial charge in [-0.2, -0.15) is 0 Å². The Labute approximate surface area is 105 Å². The van der Waals surface area contributed by atoms with Crippen LogP contribution >= 0.6 is 15.9 Å². The largest absolute Gasteiger partial charge is 0.426 e. The summed E-state index contributed by atoms with van der Waals surface area (Å²) >= 11 is 3.43. The van der Waals surface area contributed by atoms with Crippen molar-refractivity contribution in [2.75, 3.05) is 0 Å². The predicted molar refractivity (Wildman–Crippen MR) is 68.7 cm³/mol. The van der Waals surface area contributed by atoms with Gasteiger partial charge in [-0.1, -0.05) is 22.0 Å². The van der Waals surface area contributed by atoms with E-state index in [1.54, 1.807) is 0 Å². The molecule has 0 aliphatic heterocycles. The summed E-state index contributed by atoms with van der Waals surface area (Å²) in [6.07, 6.45) is 0. The first-order chi connectivity index (χ1) is 7.21. The van der Waals surface area contributed by atoms with Crippen molar-refractivity contribution < 1.29 is 9.53 Å². The van der Waals surface area contributed by atoms with Gasteiger partial charge < -0.3 is 4.74 Å². The van der Waals surface area contributed by atoms with Crippen LogP contribution in [0.4, 0.5) is 0 Å². The summed E-state index contributed by atoms with van der Waals surface area (Å²) in [5.74, 6) is 0.406. The lowest BCUT2D eigenvalue weighted by Gasteiger charge is -2.17. The number of esters is 1. The highest BCUT2D eigenvalue weighted by molar-refractivity contribution is 9.10. The van der Waals surface area contributed by atoms with E-state index in [1.807, 2.05) is 46.8 Å². The summed E-state index contributed by atoms with van der Waals surface area (Å²) in [6.45, 7) is 9.47. The van der Waals surface area contributed by atoms with E-state index in [0.29, 0.717) is 5.75 Å². The second-order valence-electron chi connectivity index (χ2n) is 5.01. The molecule has 0 saturated heterocycles. The molecule has 0 saturated carbocycles. The number of carbonyl (C=O) groups is 1. The van der Waals surface area contributed by atoms with E-state index in [1.165, 1.54) is 0 Å². The predicted octanol–water partition coefficient (Wildman–Crippen LogP) is 4.02. The summed E-state index contributed by atoms with van der Waals surface area (Å²) in [5.41, 5.74) is 1.62. The highest BCUT2D eigenvalue weighted by Crippen LogP contribution is 2.28. The lowest BCUT2D eigenvalue weighted by molar-refractivity contribution is -0.143. The van der Waals surface area contributed by atoms with Crippen LogP contribution in [0.2, 0.25) is 0 Å². The first-order valence-electron chi connectivity index (χ1n) is 5.21. The fourth-order valence-electron chi connectivity index (χ4n) is 1.17. The molecule has 88 valence electrons. The van der Waals surface area contributed by atoms with Crippen molar-refractivity contribution in [3.8, 4) is 5.75 Å². The van der Waals surface area contributed by atoms with Crippen LogP contribution in [0.3, 0.4) is 0 Å². The first kappa shape index (κ1) is 13.2. The van der Waals surface area contributed by atoms with E-state index in [2.05, 4.69) is 15.9 Å². The molecule has 3 heteroatoms. The van der Waals surface area contributed by atoms with E-state index >= 15 is 0 Å². The third-order valence-electron chi connectivity index (χ3n) is 2.27. The Morgan fingerprint density at radius 3 is 2.25 bits per heavy atom. The number of hydrogen-bond donors (Lipinski definition) is 0. The molecule has 0 fully saturated rings. The summed E-state index contributed by atoms with van der Waals surface area (Å²) in [5, 5.41) is 0. The zero-order valence-electron chi connectivity index (χ0n) is 10.3. The molecule has 1 aromatic rings. The third-order valence-corrected chi connectivity index (χ3v) is 3.13.